The number of rotatable bonds is 7. The lowest BCUT2D eigenvalue weighted by molar-refractivity contribution is -0.348. The van der Waals surface area contributed by atoms with Gasteiger partial charge in [0.2, 0.25) is 0 Å². The van der Waals surface area contributed by atoms with Crippen molar-refractivity contribution in [1.82, 2.24) is 10.3 Å². The summed E-state index contributed by atoms with van der Waals surface area (Å²) in [5, 5.41) is 5.66. The van der Waals surface area contributed by atoms with Gasteiger partial charge >= 0.3 is 18.0 Å². The minimum atomic E-state index is -6.27. The highest BCUT2D eigenvalue weighted by molar-refractivity contribution is 6.29. The Morgan fingerprint density at radius 1 is 0.951 bits per heavy atom. The molecule has 41 heavy (non-hydrogen) atoms. The summed E-state index contributed by atoms with van der Waals surface area (Å²) in [6.07, 6.45) is -9.38. The van der Waals surface area contributed by atoms with Crippen LogP contribution in [0.3, 0.4) is 0 Å². The molecule has 0 aliphatic heterocycles. The van der Waals surface area contributed by atoms with Gasteiger partial charge in [0.05, 0.1) is 16.7 Å². The molecular formula is C28H23ClF7N3O2. The van der Waals surface area contributed by atoms with Gasteiger partial charge in [0.25, 0.3) is 11.8 Å². The molecule has 0 atom stereocenters. The number of amides is 2. The van der Waals surface area contributed by atoms with Crippen LogP contribution in [0, 0.1) is 6.92 Å². The summed E-state index contributed by atoms with van der Waals surface area (Å²) in [7, 11) is 0. The van der Waals surface area contributed by atoms with Gasteiger partial charge in [0, 0.05) is 17.4 Å². The first-order valence-corrected chi connectivity index (χ1v) is 12.7. The summed E-state index contributed by atoms with van der Waals surface area (Å²) in [4.78, 5) is 30.9. The summed E-state index contributed by atoms with van der Waals surface area (Å²) >= 11 is 5.87. The van der Waals surface area contributed by atoms with Crippen LogP contribution in [-0.2, 0) is 17.6 Å². The Morgan fingerprint density at radius 3 is 2.12 bits per heavy atom. The Kier molecular flexibility index (Phi) is 7.85. The van der Waals surface area contributed by atoms with Crippen LogP contribution in [0.2, 0.25) is 5.15 Å². The lowest BCUT2D eigenvalue weighted by atomic mass is 9.92. The number of benzene rings is 2. The molecule has 3 aromatic rings. The molecule has 5 nitrogen and oxygen atoms in total. The van der Waals surface area contributed by atoms with E-state index in [0.717, 1.165) is 18.6 Å². The van der Waals surface area contributed by atoms with Crippen molar-refractivity contribution < 1.29 is 40.3 Å². The molecule has 13 heteroatoms. The number of aromatic nitrogens is 1. The van der Waals surface area contributed by atoms with Gasteiger partial charge in [-0.25, -0.2) is 9.37 Å². The van der Waals surface area contributed by atoms with E-state index >= 15 is 0 Å². The maximum absolute atomic E-state index is 14.5. The summed E-state index contributed by atoms with van der Waals surface area (Å²) in [6.45, 7) is 2.90. The third-order valence-electron chi connectivity index (χ3n) is 7.04. The number of halogens is 8. The van der Waals surface area contributed by atoms with Gasteiger partial charge in [-0.15, -0.1) is 0 Å². The molecule has 1 aliphatic carbocycles. The predicted octanol–water partition coefficient (Wildman–Crippen LogP) is 7.57. The molecule has 1 saturated carbocycles. The van der Waals surface area contributed by atoms with Crippen molar-refractivity contribution in [3.8, 4) is 0 Å². The van der Waals surface area contributed by atoms with Crippen LogP contribution in [0.1, 0.15) is 62.7 Å². The van der Waals surface area contributed by atoms with Crippen LogP contribution in [0.5, 0.6) is 0 Å². The highest BCUT2D eigenvalue weighted by Crippen LogP contribution is 2.53. The van der Waals surface area contributed by atoms with E-state index in [2.05, 4.69) is 15.6 Å². The smallest absolute Gasteiger partial charge is 0.342 e. The highest BCUT2D eigenvalue weighted by atomic mass is 35.5. The lowest BCUT2D eigenvalue weighted by Crippen LogP contribution is -2.50. The fourth-order valence-electron chi connectivity index (χ4n) is 4.60. The number of anilines is 1. The van der Waals surface area contributed by atoms with Gasteiger partial charge in [-0.05, 0) is 61.1 Å². The van der Waals surface area contributed by atoms with E-state index in [9.17, 15) is 40.3 Å². The number of carbonyl (C=O) groups excluding carboxylic acids is 2. The first-order valence-electron chi connectivity index (χ1n) is 12.4. The van der Waals surface area contributed by atoms with E-state index in [1.807, 2.05) is 0 Å². The zero-order chi connectivity index (χ0) is 30.4. The minimum absolute atomic E-state index is 0.0619. The fraction of sp³-hybridized carbons (Fsp3) is 0.321. The van der Waals surface area contributed by atoms with E-state index in [1.165, 1.54) is 6.07 Å². The summed E-state index contributed by atoms with van der Waals surface area (Å²) < 4.78 is 93.6. The molecule has 1 fully saturated rings. The zero-order valence-electron chi connectivity index (χ0n) is 21.6. The Hall–Kier alpha value is -3.67. The first-order chi connectivity index (χ1) is 19.0. The molecule has 0 saturated heterocycles. The van der Waals surface area contributed by atoms with E-state index < -0.39 is 40.9 Å². The van der Waals surface area contributed by atoms with E-state index in [4.69, 9.17) is 11.6 Å². The molecule has 218 valence electrons. The quantitative estimate of drug-likeness (QED) is 0.217. The number of aryl methyl sites for hydroxylation is 2. The second-order valence-electron chi connectivity index (χ2n) is 9.74. The SMILES string of the molecule is CCc1cccc(C(=O)Nc2ccc(C(F)(C(F)(F)F)C(F)(F)F)cc2C)c1C(=O)NC1(c2ccc(Cl)nc2)CC1. The molecule has 1 heterocycles. The number of pyridine rings is 1. The third kappa shape index (κ3) is 5.61. The largest absolute Gasteiger partial charge is 0.435 e. The van der Waals surface area contributed by atoms with Crippen molar-refractivity contribution in [3.63, 3.8) is 0 Å². The summed E-state index contributed by atoms with van der Waals surface area (Å²) in [5.74, 6) is -1.39. The van der Waals surface area contributed by atoms with Gasteiger partial charge in [0.1, 0.15) is 5.15 Å². The Balaban J connectivity index is 1.64. The van der Waals surface area contributed by atoms with Gasteiger partial charge in [0.15, 0.2) is 0 Å². The van der Waals surface area contributed by atoms with Crippen LogP contribution < -0.4 is 10.6 Å². The molecule has 0 radical (unpaired) electrons. The van der Waals surface area contributed by atoms with Crippen LogP contribution >= 0.6 is 11.6 Å². The standard InChI is InChI=1S/C28H23ClF7N3O2/c1-3-16-5-4-6-19(22(16)24(41)39-25(11-12-25)18-8-10-21(29)37-14-18)23(40)38-20-9-7-17(13-15(20)2)26(30,27(31,32)33)28(34,35)36/h4-10,13-14H,3,11-12H2,1-2H3,(H,38,40)(H,39,41). The maximum Gasteiger partial charge on any atom is 0.435 e. The maximum atomic E-state index is 14.5. The van der Waals surface area contributed by atoms with E-state index in [-0.39, 0.29) is 27.5 Å². The topological polar surface area (TPSA) is 71.1 Å². The fourth-order valence-corrected chi connectivity index (χ4v) is 4.71. The average Bonchev–Trinajstić information content (AvgIpc) is 3.68. The second kappa shape index (κ2) is 10.6. The molecule has 0 spiro atoms. The van der Waals surface area contributed by atoms with E-state index in [1.54, 1.807) is 37.4 Å². The van der Waals surface area contributed by atoms with Crippen molar-refractivity contribution >= 4 is 29.1 Å². The molecule has 0 unspecified atom stereocenters. The first kappa shape index (κ1) is 30.3. The molecular weight excluding hydrogens is 579 g/mol. The Bertz CT molecular complexity index is 1470. The summed E-state index contributed by atoms with van der Waals surface area (Å²) in [5.41, 5.74) is -7.14. The van der Waals surface area contributed by atoms with Gasteiger partial charge in [-0.3, -0.25) is 9.59 Å². The Morgan fingerprint density at radius 2 is 1.61 bits per heavy atom. The van der Waals surface area contributed by atoms with Gasteiger partial charge in [-0.1, -0.05) is 48.9 Å². The molecule has 1 aromatic heterocycles. The number of hydrogen-bond acceptors (Lipinski definition) is 3. The lowest BCUT2D eigenvalue weighted by Gasteiger charge is -2.30. The van der Waals surface area contributed by atoms with Crippen molar-refractivity contribution in [2.24, 2.45) is 0 Å². The number of nitrogens with zero attached hydrogens (tertiary/aromatic N) is 1. The van der Waals surface area contributed by atoms with Crippen molar-refractivity contribution in [1.29, 1.82) is 0 Å². The average molecular weight is 602 g/mol. The van der Waals surface area contributed by atoms with Crippen LogP contribution in [-0.4, -0.2) is 29.2 Å². The second-order valence-corrected chi connectivity index (χ2v) is 10.1. The molecule has 2 aromatic carbocycles. The van der Waals surface area contributed by atoms with Crippen LogP contribution in [0.15, 0.2) is 54.7 Å². The van der Waals surface area contributed by atoms with E-state index in [0.29, 0.717) is 37.0 Å². The molecule has 2 N–H and O–H groups in total. The number of carbonyl (C=O) groups is 2. The zero-order valence-corrected chi connectivity index (χ0v) is 22.4. The monoisotopic (exact) mass is 601 g/mol. The van der Waals surface area contributed by atoms with Crippen LogP contribution in [0.25, 0.3) is 0 Å². The molecule has 2 amide bonds. The molecule has 1 aliphatic rings. The van der Waals surface area contributed by atoms with Crippen molar-refractivity contribution in [2.45, 2.75) is 56.7 Å². The Labute approximate surface area is 235 Å². The number of alkyl halides is 7. The van der Waals surface area contributed by atoms with Gasteiger partial charge < -0.3 is 10.6 Å². The molecule has 4 rings (SSSR count). The van der Waals surface area contributed by atoms with Crippen molar-refractivity contribution in [3.05, 3.63) is 93.3 Å². The third-order valence-corrected chi connectivity index (χ3v) is 7.26. The number of nitrogens with one attached hydrogen (secondary N) is 2. The summed E-state index contributed by atoms with van der Waals surface area (Å²) in [6, 6.07) is 9.34. The number of hydrogen-bond donors (Lipinski definition) is 2. The van der Waals surface area contributed by atoms with Crippen LogP contribution in [0.4, 0.5) is 36.4 Å². The van der Waals surface area contributed by atoms with Crippen molar-refractivity contribution in [2.75, 3.05) is 5.32 Å². The highest BCUT2D eigenvalue weighted by Gasteiger charge is 2.73. The van der Waals surface area contributed by atoms with Gasteiger partial charge in [-0.2, -0.15) is 26.3 Å². The molecule has 0 bridgehead atoms. The normalized spacial score (nSPS) is 14.9. The predicted molar refractivity (Wildman–Crippen MR) is 137 cm³/mol. The minimum Gasteiger partial charge on any atom is -0.342 e.